The summed E-state index contributed by atoms with van der Waals surface area (Å²) < 4.78 is 0. The number of rotatable bonds is 6. The summed E-state index contributed by atoms with van der Waals surface area (Å²) in [7, 11) is 0. The van der Waals surface area contributed by atoms with Crippen LogP contribution in [0.2, 0.25) is 0 Å². The summed E-state index contributed by atoms with van der Waals surface area (Å²) in [6, 6.07) is 19.2. The number of nitrogens with one attached hydrogen (secondary N) is 2. The highest BCUT2D eigenvalue weighted by Crippen LogP contribution is 2.24. The number of hydrogen-bond donors (Lipinski definition) is 2. The van der Waals surface area contributed by atoms with Gasteiger partial charge in [-0.2, -0.15) is 0 Å². The molecule has 0 saturated heterocycles. The number of thiophene rings is 1. The quantitative estimate of drug-likeness (QED) is 0.658. The van der Waals surface area contributed by atoms with Gasteiger partial charge in [0, 0.05) is 30.2 Å². The van der Waals surface area contributed by atoms with Crippen molar-refractivity contribution >= 4 is 28.8 Å². The number of carbonyl (C=O) groups is 2. The Hall–Kier alpha value is -3.12. The Bertz CT molecular complexity index is 1000. The van der Waals surface area contributed by atoms with E-state index in [1.807, 2.05) is 53.4 Å². The van der Waals surface area contributed by atoms with Crippen LogP contribution in [0.5, 0.6) is 0 Å². The molecule has 29 heavy (non-hydrogen) atoms. The van der Waals surface area contributed by atoms with E-state index in [9.17, 15) is 9.59 Å². The first-order valence-electron chi connectivity index (χ1n) is 9.69. The highest BCUT2D eigenvalue weighted by molar-refractivity contribution is 7.10. The molecule has 2 heterocycles. The Morgan fingerprint density at radius 1 is 1.00 bits per heavy atom. The fourth-order valence-corrected chi connectivity index (χ4v) is 4.34. The second-order valence-corrected chi connectivity index (χ2v) is 8.00. The second kappa shape index (κ2) is 8.92. The number of anilines is 1. The van der Waals surface area contributed by atoms with E-state index in [2.05, 4.69) is 22.1 Å². The molecule has 1 aliphatic rings. The van der Waals surface area contributed by atoms with Crippen molar-refractivity contribution in [2.24, 2.45) is 0 Å². The van der Waals surface area contributed by atoms with Crippen LogP contribution in [0.25, 0.3) is 0 Å². The van der Waals surface area contributed by atoms with E-state index in [4.69, 9.17) is 0 Å². The van der Waals surface area contributed by atoms with Crippen LogP contribution in [0.1, 0.15) is 26.4 Å². The predicted octanol–water partition coefficient (Wildman–Crippen LogP) is 3.67. The molecule has 3 aromatic rings. The molecule has 2 N–H and O–H groups in total. The lowest BCUT2D eigenvalue weighted by Crippen LogP contribution is -2.39. The van der Waals surface area contributed by atoms with Crippen LogP contribution in [-0.4, -0.2) is 29.8 Å². The smallest absolute Gasteiger partial charge is 0.253 e. The minimum atomic E-state index is -0.162. The Kier molecular flexibility index (Phi) is 5.91. The minimum absolute atomic E-state index is 0.0429. The van der Waals surface area contributed by atoms with Crippen LogP contribution in [0, 0.1) is 0 Å². The average molecular weight is 406 g/mol. The van der Waals surface area contributed by atoms with Gasteiger partial charge in [0.15, 0.2) is 0 Å². The Morgan fingerprint density at radius 3 is 2.66 bits per heavy atom. The number of carbonyl (C=O) groups excluding carboxylic acids is 2. The van der Waals surface area contributed by atoms with Crippen molar-refractivity contribution in [1.82, 2.24) is 10.2 Å². The molecule has 0 aliphatic carbocycles. The fraction of sp³-hybridized carbons (Fsp3) is 0.217. The third-order valence-corrected chi connectivity index (χ3v) is 6.08. The zero-order valence-corrected chi connectivity index (χ0v) is 16.9. The van der Waals surface area contributed by atoms with Gasteiger partial charge in [-0.3, -0.25) is 9.59 Å². The van der Waals surface area contributed by atoms with Gasteiger partial charge < -0.3 is 15.5 Å². The number of fused-ring (bicyclic) bond motifs is 1. The van der Waals surface area contributed by atoms with Gasteiger partial charge in [0.2, 0.25) is 5.91 Å². The van der Waals surface area contributed by atoms with E-state index >= 15 is 0 Å². The lowest BCUT2D eigenvalue weighted by molar-refractivity contribution is -0.130. The van der Waals surface area contributed by atoms with Gasteiger partial charge in [-0.15, -0.1) is 11.3 Å². The van der Waals surface area contributed by atoms with Crippen molar-refractivity contribution in [3.8, 4) is 0 Å². The Balaban J connectivity index is 1.36. The third kappa shape index (κ3) is 4.66. The molecule has 0 saturated carbocycles. The third-order valence-electron chi connectivity index (χ3n) is 5.06. The second-order valence-electron chi connectivity index (χ2n) is 7.00. The lowest BCUT2D eigenvalue weighted by atomic mass is 10.1. The monoisotopic (exact) mass is 405 g/mol. The van der Waals surface area contributed by atoms with Crippen LogP contribution in [0.3, 0.4) is 0 Å². The van der Waals surface area contributed by atoms with Crippen LogP contribution in [0.15, 0.2) is 66.0 Å². The summed E-state index contributed by atoms with van der Waals surface area (Å²) in [6.45, 7) is 2.04. The first kappa shape index (κ1) is 19.2. The molecule has 6 heteroatoms. The molecule has 5 nitrogen and oxygen atoms in total. The van der Waals surface area contributed by atoms with Gasteiger partial charge >= 0.3 is 0 Å². The van der Waals surface area contributed by atoms with E-state index in [-0.39, 0.29) is 18.4 Å². The van der Waals surface area contributed by atoms with Crippen molar-refractivity contribution in [2.45, 2.75) is 19.5 Å². The van der Waals surface area contributed by atoms with Crippen molar-refractivity contribution in [1.29, 1.82) is 0 Å². The van der Waals surface area contributed by atoms with Gasteiger partial charge in [0.05, 0.1) is 12.1 Å². The maximum Gasteiger partial charge on any atom is 0.253 e. The number of amides is 2. The van der Waals surface area contributed by atoms with E-state index in [0.29, 0.717) is 24.3 Å². The summed E-state index contributed by atoms with van der Waals surface area (Å²) in [4.78, 5) is 28.6. The van der Waals surface area contributed by atoms with Gasteiger partial charge in [0.25, 0.3) is 5.91 Å². The number of para-hydroxylation sites is 1. The average Bonchev–Trinajstić information content (AvgIpc) is 3.24. The van der Waals surface area contributed by atoms with E-state index in [0.717, 1.165) is 18.5 Å². The van der Waals surface area contributed by atoms with Crippen LogP contribution < -0.4 is 10.6 Å². The van der Waals surface area contributed by atoms with Crippen molar-refractivity contribution in [2.75, 3.05) is 18.4 Å². The number of nitrogens with zero attached hydrogens (tertiary/aromatic N) is 1. The molecule has 1 aromatic heterocycles. The normalized spacial score (nSPS) is 12.9. The lowest BCUT2D eigenvalue weighted by Gasteiger charge is -2.27. The molecule has 0 atom stereocenters. The van der Waals surface area contributed by atoms with Gasteiger partial charge in [-0.1, -0.05) is 42.5 Å². The SMILES string of the molecule is O=C(NCc1ccccc1)c1ccccc1NCC(=O)N1CCc2sccc2C1. The molecule has 0 unspecified atom stereocenters. The molecule has 2 amide bonds. The Morgan fingerprint density at radius 2 is 1.79 bits per heavy atom. The summed E-state index contributed by atoms with van der Waals surface area (Å²) in [5.41, 5.74) is 3.49. The fourth-order valence-electron chi connectivity index (χ4n) is 3.45. The molecule has 2 aromatic carbocycles. The predicted molar refractivity (Wildman–Crippen MR) is 116 cm³/mol. The van der Waals surface area contributed by atoms with Gasteiger partial charge in [-0.25, -0.2) is 0 Å². The highest BCUT2D eigenvalue weighted by Gasteiger charge is 2.21. The van der Waals surface area contributed by atoms with E-state index < -0.39 is 0 Å². The van der Waals surface area contributed by atoms with Gasteiger partial charge in [-0.05, 0) is 41.1 Å². The standard InChI is InChI=1S/C23H23N3O2S/c27-22(26-12-10-21-18(16-26)11-13-29-21)15-24-20-9-5-4-8-19(20)23(28)25-14-17-6-2-1-3-7-17/h1-9,11,13,24H,10,12,14-16H2,(H,25,28). The molecule has 0 fully saturated rings. The number of benzene rings is 2. The zero-order valence-electron chi connectivity index (χ0n) is 16.1. The van der Waals surface area contributed by atoms with Gasteiger partial charge in [0.1, 0.15) is 0 Å². The molecule has 0 radical (unpaired) electrons. The first-order chi connectivity index (χ1) is 14.2. The van der Waals surface area contributed by atoms with Crippen molar-refractivity contribution in [3.05, 3.63) is 87.6 Å². The maximum absolute atomic E-state index is 12.7. The van der Waals surface area contributed by atoms with Crippen LogP contribution >= 0.6 is 11.3 Å². The molecule has 0 bridgehead atoms. The molecule has 4 rings (SSSR count). The Labute approximate surface area is 174 Å². The molecule has 148 valence electrons. The number of hydrogen-bond acceptors (Lipinski definition) is 4. The molecule has 0 spiro atoms. The summed E-state index contributed by atoms with van der Waals surface area (Å²) in [5, 5.41) is 8.18. The molecule has 1 aliphatic heterocycles. The summed E-state index contributed by atoms with van der Waals surface area (Å²) >= 11 is 1.76. The topological polar surface area (TPSA) is 61.4 Å². The molecular weight excluding hydrogens is 382 g/mol. The largest absolute Gasteiger partial charge is 0.376 e. The van der Waals surface area contributed by atoms with Crippen molar-refractivity contribution < 1.29 is 9.59 Å². The highest BCUT2D eigenvalue weighted by atomic mass is 32.1. The minimum Gasteiger partial charge on any atom is -0.376 e. The van der Waals surface area contributed by atoms with Crippen molar-refractivity contribution in [3.63, 3.8) is 0 Å². The summed E-state index contributed by atoms with van der Waals surface area (Å²) in [6.07, 6.45) is 0.914. The maximum atomic E-state index is 12.7. The van der Waals surface area contributed by atoms with E-state index in [1.165, 1.54) is 10.4 Å². The van der Waals surface area contributed by atoms with Crippen LogP contribution in [0.4, 0.5) is 5.69 Å². The van der Waals surface area contributed by atoms with Crippen LogP contribution in [-0.2, 0) is 24.3 Å². The zero-order chi connectivity index (χ0) is 20.1. The first-order valence-corrected chi connectivity index (χ1v) is 10.6. The summed E-state index contributed by atoms with van der Waals surface area (Å²) in [5.74, 6) is -0.119. The van der Waals surface area contributed by atoms with E-state index in [1.54, 1.807) is 17.4 Å². The molecular formula is C23H23N3O2S.